The third kappa shape index (κ3) is 3.28. The maximum absolute atomic E-state index is 5.54. The third-order valence-electron chi connectivity index (χ3n) is 4.85. The van der Waals surface area contributed by atoms with E-state index in [1.54, 1.807) is 21.3 Å². The molecule has 3 aromatic rings. The van der Waals surface area contributed by atoms with E-state index in [-0.39, 0.29) is 0 Å². The van der Waals surface area contributed by atoms with Crippen molar-refractivity contribution in [2.24, 2.45) is 0 Å². The van der Waals surface area contributed by atoms with Gasteiger partial charge in [-0.25, -0.2) is 9.97 Å². The molecule has 0 radical (unpaired) electrons. The Kier molecular flexibility index (Phi) is 4.89. The van der Waals surface area contributed by atoms with Crippen LogP contribution in [0.4, 0.5) is 5.82 Å². The highest BCUT2D eigenvalue weighted by atomic mass is 16.5. The van der Waals surface area contributed by atoms with Crippen molar-refractivity contribution in [1.82, 2.24) is 20.1 Å². The molecule has 1 aliphatic carbocycles. The molecule has 1 aliphatic rings. The van der Waals surface area contributed by atoms with Crippen molar-refractivity contribution in [3.8, 4) is 17.2 Å². The summed E-state index contributed by atoms with van der Waals surface area (Å²) in [6, 6.07) is 1.86. The number of rotatable bonds is 8. The van der Waals surface area contributed by atoms with Gasteiger partial charge in [-0.2, -0.15) is 4.98 Å². The van der Waals surface area contributed by atoms with Crippen molar-refractivity contribution in [1.29, 1.82) is 0 Å². The number of aromatic nitrogens is 4. The zero-order chi connectivity index (χ0) is 19.7. The molecule has 1 saturated carbocycles. The highest BCUT2D eigenvalue weighted by Crippen LogP contribution is 2.44. The summed E-state index contributed by atoms with van der Waals surface area (Å²) in [6.07, 6.45) is 4.45. The van der Waals surface area contributed by atoms with Crippen LogP contribution in [0, 0.1) is 0 Å². The van der Waals surface area contributed by atoms with Crippen LogP contribution in [0.25, 0.3) is 10.9 Å². The molecule has 1 fully saturated rings. The first-order valence-electron chi connectivity index (χ1n) is 9.13. The van der Waals surface area contributed by atoms with Crippen LogP contribution >= 0.6 is 0 Å². The molecule has 0 spiro atoms. The van der Waals surface area contributed by atoms with Crippen molar-refractivity contribution >= 4 is 16.7 Å². The SMILES string of the molecule is COc1cc2c(N(C)CCc3noc(C4CC4)n3)ncnc2c(OC)c1OC. The summed E-state index contributed by atoms with van der Waals surface area (Å²) in [6.45, 7) is 0.673. The second-order valence-corrected chi connectivity index (χ2v) is 6.73. The fourth-order valence-corrected chi connectivity index (χ4v) is 3.19. The number of methoxy groups -OCH3 is 3. The maximum Gasteiger partial charge on any atom is 0.229 e. The van der Waals surface area contributed by atoms with E-state index in [4.69, 9.17) is 18.7 Å². The summed E-state index contributed by atoms with van der Waals surface area (Å²) in [5, 5.41) is 4.89. The van der Waals surface area contributed by atoms with Crippen LogP contribution < -0.4 is 19.1 Å². The minimum atomic E-state index is 0.458. The van der Waals surface area contributed by atoms with E-state index in [1.165, 1.54) is 6.33 Å². The van der Waals surface area contributed by atoms with Crippen molar-refractivity contribution in [3.63, 3.8) is 0 Å². The smallest absolute Gasteiger partial charge is 0.229 e. The lowest BCUT2D eigenvalue weighted by molar-refractivity contribution is 0.327. The van der Waals surface area contributed by atoms with Gasteiger partial charge in [0.1, 0.15) is 17.7 Å². The fraction of sp³-hybridized carbons (Fsp3) is 0.474. The van der Waals surface area contributed by atoms with Gasteiger partial charge >= 0.3 is 0 Å². The predicted octanol–water partition coefficient (Wildman–Crippen LogP) is 2.59. The number of nitrogens with zero attached hydrogens (tertiary/aromatic N) is 5. The number of hydrogen-bond acceptors (Lipinski definition) is 9. The van der Waals surface area contributed by atoms with Gasteiger partial charge in [-0.1, -0.05) is 5.16 Å². The zero-order valence-electron chi connectivity index (χ0n) is 16.4. The van der Waals surface area contributed by atoms with Crippen LogP contribution in [0.5, 0.6) is 17.2 Å². The minimum Gasteiger partial charge on any atom is -0.493 e. The number of fused-ring (bicyclic) bond motifs is 1. The third-order valence-corrected chi connectivity index (χ3v) is 4.85. The molecule has 4 rings (SSSR count). The van der Waals surface area contributed by atoms with Crippen molar-refractivity contribution in [2.75, 3.05) is 39.8 Å². The minimum absolute atomic E-state index is 0.458. The summed E-state index contributed by atoms with van der Waals surface area (Å²) in [5.41, 5.74) is 0.660. The van der Waals surface area contributed by atoms with Gasteiger partial charge in [0.05, 0.1) is 26.7 Å². The fourth-order valence-electron chi connectivity index (χ4n) is 3.19. The summed E-state index contributed by atoms with van der Waals surface area (Å²) in [4.78, 5) is 15.4. The molecule has 148 valence electrons. The average Bonchev–Trinajstić information content (AvgIpc) is 3.47. The van der Waals surface area contributed by atoms with Crippen LogP contribution in [-0.2, 0) is 6.42 Å². The van der Waals surface area contributed by atoms with Crippen LogP contribution in [0.2, 0.25) is 0 Å². The van der Waals surface area contributed by atoms with E-state index in [0.29, 0.717) is 47.5 Å². The molecule has 0 unspecified atom stereocenters. The monoisotopic (exact) mass is 385 g/mol. The second-order valence-electron chi connectivity index (χ2n) is 6.73. The topological polar surface area (TPSA) is 95.6 Å². The number of hydrogen-bond donors (Lipinski definition) is 0. The first-order valence-corrected chi connectivity index (χ1v) is 9.13. The molecule has 0 atom stereocenters. The summed E-state index contributed by atoms with van der Waals surface area (Å²) in [5.74, 6) is 4.26. The molecule has 2 aromatic heterocycles. The summed E-state index contributed by atoms with van der Waals surface area (Å²) in [7, 11) is 6.70. The van der Waals surface area contributed by atoms with E-state index in [1.807, 2.05) is 18.0 Å². The number of likely N-dealkylation sites (N-methyl/N-ethyl adjacent to an activating group) is 1. The van der Waals surface area contributed by atoms with Crippen LogP contribution in [0.1, 0.15) is 30.5 Å². The Balaban J connectivity index is 1.63. The van der Waals surface area contributed by atoms with Gasteiger partial charge in [-0.3, -0.25) is 0 Å². The van der Waals surface area contributed by atoms with Gasteiger partial charge in [-0.15, -0.1) is 0 Å². The van der Waals surface area contributed by atoms with Crippen molar-refractivity contribution in [3.05, 3.63) is 24.1 Å². The molecule has 0 aliphatic heterocycles. The highest BCUT2D eigenvalue weighted by molar-refractivity contribution is 5.96. The van der Waals surface area contributed by atoms with Gasteiger partial charge in [0.25, 0.3) is 0 Å². The van der Waals surface area contributed by atoms with E-state index < -0.39 is 0 Å². The average molecular weight is 385 g/mol. The van der Waals surface area contributed by atoms with Gasteiger partial charge < -0.3 is 23.6 Å². The molecule has 9 nitrogen and oxygen atoms in total. The maximum atomic E-state index is 5.54. The molecule has 28 heavy (non-hydrogen) atoms. The van der Waals surface area contributed by atoms with E-state index in [0.717, 1.165) is 29.9 Å². The van der Waals surface area contributed by atoms with Crippen LogP contribution in [0.15, 0.2) is 16.9 Å². The lowest BCUT2D eigenvalue weighted by Gasteiger charge is -2.21. The van der Waals surface area contributed by atoms with E-state index in [2.05, 4.69) is 20.1 Å². The van der Waals surface area contributed by atoms with Crippen LogP contribution in [0.3, 0.4) is 0 Å². The molecule has 0 amide bonds. The Morgan fingerprint density at radius 2 is 1.89 bits per heavy atom. The van der Waals surface area contributed by atoms with Gasteiger partial charge in [0.2, 0.25) is 11.6 Å². The van der Waals surface area contributed by atoms with Crippen molar-refractivity contribution in [2.45, 2.75) is 25.2 Å². The molecule has 0 saturated heterocycles. The zero-order valence-corrected chi connectivity index (χ0v) is 16.4. The molecule has 9 heteroatoms. The first-order chi connectivity index (χ1) is 13.7. The standard InChI is InChI=1S/C19H23N5O4/c1-24(8-7-14-22-19(28-23-14)11-5-6-11)18-12-9-13(25-2)16(26-3)17(27-4)15(12)20-10-21-18/h9-11H,5-8H2,1-4H3. The Morgan fingerprint density at radius 1 is 1.11 bits per heavy atom. The lowest BCUT2D eigenvalue weighted by atomic mass is 10.1. The second kappa shape index (κ2) is 7.49. The number of ether oxygens (including phenoxy) is 3. The molecule has 1 aromatic carbocycles. The normalized spacial score (nSPS) is 13.6. The van der Waals surface area contributed by atoms with E-state index in [9.17, 15) is 0 Å². The largest absolute Gasteiger partial charge is 0.493 e. The Bertz CT molecular complexity index is 986. The molecule has 0 N–H and O–H groups in total. The predicted molar refractivity (Wildman–Crippen MR) is 102 cm³/mol. The molecule has 0 bridgehead atoms. The Morgan fingerprint density at radius 3 is 2.57 bits per heavy atom. The van der Waals surface area contributed by atoms with Gasteiger partial charge in [0, 0.05) is 25.9 Å². The Labute approximate surface area is 162 Å². The van der Waals surface area contributed by atoms with Gasteiger partial charge in [0.15, 0.2) is 17.3 Å². The quantitative estimate of drug-likeness (QED) is 0.579. The lowest BCUT2D eigenvalue weighted by Crippen LogP contribution is -2.22. The summed E-state index contributed by atoms with van der Waals surface area (Å²) >= 11 is 0. The Hall–Kier alpha value is -3.10. The molecular formula is C19H23N5O4. The van der Waals surface area contributed by atoms with Gasteiger partial charge in [-0.05, 0) is 18.9 Å². The number of benzene rings is 1. The summed E-state index contributed by atoms with van der Waals surface area (Å²) < 4.78 is 21.8. The van der Waals surface area contributed by atoms with Crippen LogP contribution in [-0.4, -0.2) is 55.0 Å². The first kappa shape index (κ1) is 18.3. The highest BCUT2D eigenvalue weighted by Gasteiger charge is 2.29. The molecule has 2 heterocycles. The van der Waals surface area contributed by atoms with E-state index >= 15 is 0 Å². The van der Waals surface area contributed by atoms with Crippen molar-refractivity contribution < 1.29 is 18.7 Å². The molecular weight excluding hydrogens is 362 g/mol. The number of anilines is 1.